The van der Waals surface area contributed by atoms with Gasteiger partial charge in [0.1, 0.15) is 18.9 Å². The molecular formula is C18H21N3O3. The van der Waals surface area contributed by atoms with Crippen molar-refractivity contribution >= 4 is 11.7 Å². The average Bonchev–Trinajstić information content (AvgIpc) is 2.60. The van der Waals surface area contributed by atoms with Crippen molar-refractivity contribution < 1.29 is 14.6 Å². The van der Waals surface area contributed by atoms with Gasteiger partial charge in [-0.25, -0.2) is 0 Å². The van der Waals surface area contributed by atoms with Gasteiger partial charge in [-0.15, -0.1) is 0 Å². The zero-order chi connectivity index (χ0) is 16.8. The van der Waals surface area contributed by atoms with Gasteiger partial charge in [-0.05, 0) is 42.3 Å². The molecule has 0 atom stereocenters. The van der Waals surface area contributed by atoms with Crippen LogP contribution in [-0.4, -0.2) is 42.3 Å². The summed E-state index contributed by atoms with van der Waals surface area (Å²) in [6.07, 6.45) is 4.49. The number of nitrogens with one attached hydrogen (secondary N) is 1. The molecular weight excluding hydrogens is 306 g/mol. The van der Waals surface area contributed by atoms with Crippen molar-refractivity contribution in [3.8, 4) is 5.75 Å². The molecule has 1 aromatic carbocycles. The number of aliphatic carboxylic acids is 1. The smallest absolute Gasteiger partial charge is 0.323 e. The summed E-state index contributed by atoms with van der Waals surface area (Å²) in [6.45, 7) is 2.74. The average molecular weight is 327 g/mol. The number of carboxylic acid groups (broad SMARTS) is 1. The Kier molecular flexibility index (Phi) is 5.28. The molecule has 1 aliphatic rings. The van der Waals surface area contributed by atoms with Gasteiger partial charge in [-0.3, -0.25) is 9.78 Å². The molecule has 0 bridgehead atoms. The van der Waals surface area contributed by atoms with Crippen LogP contribution in [0.1, 0.15) is 11.1 Å². The van der Waals surface area contributed by atoms with E-state index in [9.17, 15) is 4.79 Å². The maximum atomic E-state index is 11.0. The van der Waals surface area contributed by atoms with E-state index in [1.165, 1.54) is 0 Å². The molecule has 0 unspecified atom stereocenters. The summed E-state index contributed by atoms with van der Waals surface area (Å²) >= 11 is 0. The van der Waals surface area contributed by atoms with E-state index in [-0.39, 0.29) is 6.54 Å². The molecule has 0 aliphatic carbocycles. The second kappa shape index (κ2) is 7.79. The van der Waals surface area contributed by atoms with E-state index < -0.39 is 5.97 Å². The Balaban J connectivity index is 1.57. The maximum absolute atomic E-state index is 11.0. The van der Waals surface area contributed by atoms with E-state index >= 15 is 0 Å². The van der Waals surface area contributed by atoms with E-state index in [2.05, 4.69) is 10.3 Å². The minimum Gasteiger partial charge on any atom is -0.490 e. The van der Waals surface area contributed by atoms with Crippen molar-refractivity contribution in [3.63, 3.8) is 0 Å². The van der Waals surface area contributed by atoms with Crippen LogP contribution >= 0.6 is 0 Å². The van der Waals surface area contributed by atoms with Gasteiger partial charge in [0.25, 0.3) is 0 Å². The summed E-state index contributed by atoms with van der Waals surface area (Å²) < 4.78 is 5.62. The lowest BCUT2D eigenvalue weighted by molar-refractivity contribution is -0.135. The fourth-order valence-corrected chi connectivity index (χ4v) is 2.77. The Hall–Kier alpha value is -2.60. The third kappa shape index (κ3) is 4.23. The molecule has 6 heteroatoms. The number of aromatic nitrogens is 1. The second-order valence-corrected chi connectivity index (χ2v) is 5.75. The number of carboxylic acids is 1. The number of hydrogen-bond donors (Lipinski definition) is 2. The van der Waals surface area contributed by atoms with Crippen molar-refractivity contribution in [1.29, 1.82) is 0 Å². The number of rotatable bonds is 7. The van der Waals surface area contributed by atoms with E-state index in [0.717, 1.165) is 42.1 Å². The highest BCUT2D eigenvalue weighted by Gasteiger charge is 2.20. The Morgan fingerprint density at radius 2 is 2.25 bits per heavy atom. The monoisotopic (exact) mass is 327 g/mol. The lowest BCUT2D eigenvalue weighted by atomic mass is 10.1. The highest BCUT2D eigenvalue weighted by molar-refractivity contribution is 5.75. The SMILES string of the molecule is O=C(O)CN1CCOc2ccc(CCNCc3cccnc3)cc21. The number of fused-ring (bicyclic) bond motifs is 1. The molecule has 0 saturated carbocycles. The molecule has 1 aliphatic heterocycles. The topological polar surface area (TPSA) is 74.7 Å². The zero-order valence-corrected chi connectivity index (χ0v) is 13.4. The van der Waals surface area contributed by atoms with Gasteiger partial charge in [-0.2, -0.15) is 0 Å². The highest BCUT2D eigenvalue weighted by atomic mass is 16.5. The van der Waals surface area contributed by atoms with Crippen molar-refractivity contribution in [1.82, 2.24) is 10.3 Å². The maximum Gasteiger partial charge on any atom is 0.323 e. The number of hydrogen-bond acceptors (Lipinski definition) is 5. The van der Waals surface area contributed by atoms with Crippen molar-refractivity contribution in [3.05, 3.63) is 53.9 Å². The fourth-order valence-electron chi connectivity index (χ4n) is 2.77. The van der Waals surface area contributed by atoms with Crippen LogP contribution in [0.3, 0.4) is 0 Å². The second-order valence-electron chi connectivity index (χ2n) is 5.75. The molecule has 6 nitrogen and oxygen atoms in total. The van der Waals surface area contributed by atoms with Crippen LogP contribution < -0.4 is 15.0 Å². The van der Waals surface area contributed by atoms with E-state index in [0.29, 0.717) is 13.2 Å². The molecule has 0 spiro atoms. The highest BCUT2D eigenvalue weighted by Crippen LogP contribution is 2.32. The van der Waals surface area contributed by atoms with Gasteiger partial charge in [0, 0.05) is 18.9 Å². The van der Waals surface area contributed by atoms with Crippen molar-refractivity contribution in [2.24, 2.45) is 0 Å². The molecule has 2 N–H and O–H groups in total. The van der Waals surface area contributed by atoms with E-state index in [1.54, 1.807) is 6.20 Å². The first-order valence-electron chi connectivity index (χ1n) is 8.04. The lowest BCUT2D eigenvalue weighted by Crippen LogP contribution is -2.36. The Bertz CT molecular complexity index is 691. The third-order valence-corrected chi connectivity index (χ3v) is 3.95. The van der Waals surface area contributed by atoms with Crippen LogP contribution in [0.15, 0.2) is 42.7 Å². The first-order valence-corrected chi connectivity index (χ1v) is 8.04. The minimum absolute atomic E-state index is 0.000922. The van der Waals surface area contributed by atoms with Gasteiger partial charge in [-0.1, -0.05) is 12.1 Å². The first-order chi connectivity index (χ1) is 11.7. The summed E-state index contributed by atoms with van der Waals surface area (Å²) in [5.41, 5.74) is 3.19. The number of anilines is 1. The summed E-state index contributed by atoms with van der Waals surface area (Å²) in [7, 11) is 0. The van der Waals surface area contributed by atoms with Gasteiger partial charge in [0.15, 0.2) is 0 Å². The third-order valence-electron chi connectivity index (χ3n) is 3.95. The zero-order valence-electron chi connectivity index (χ0n) is 13.4. The Morgan fingerprint density at radius 1 is 1.33 bits per heavy atom. The number of carbonyl (C=O) groups is 1. The first kappa shape index (κ1) is 16.3. The van der Waals surface area contributed by atoms with Gasteiger partial charge in [0.05, 0.1) is 12.2 Å². The standard InChI is InChI=1S/C18H21N3O3/c22-18(23)13-21-8-9-24-17-4-3-14(10-16(17)21)5-7-20-12-15-2-1-6-19-11-15/h1-4,6,10-11,20H,5,7-9,12-13H2,(H,22,23). The number of ether oxygens (including phenoxy) is 1. The molecule has 0 fully saturated rings. The van der Waals surface area contributed by atoms with E-state index in [1.807, 2.05) is 41.4 Å². The number of nitrogens with zero attached hydrogens (tertiary/aromatic N) is 2. The van der Waals surface area contributed by atoms with Gasteiger partial charge >= 0.3 is 5.97 Å². The van der Waals surface area contributed by atoms with Crippen LogP contribution in [0, 0.1) is 0 Å². The predicted octanol–water partition coefficient (Wildman–Crippen LogP) is 1.70. The van der Waals surface area contributed by atoms with Crippen molar-refractivity contribution in [2.45, 2.75) is 13.0 Å². The predicted molar refractivity (Wildman–Crippen MR) is 91.4 cm³/mol. The number of benzene rings is 1. The molecule has 0 radical (unpaired) electrons. The van der Waals surface area contributed by atoms with Crippen LogP contribution in [0.4, 0.5) is 5.69 Å². The molecule has 126 valence electrons. The van der Waals surface area contributed by atoms with Crippen LogP contribution in [0.25, 0.3) is 0 Å². The van der Waals surface area contributed by atoms with Crippen LogP contribution in [-0.2, 0) is 17.8 Å². The van der Waals surface area contributed by atoms with Crippen LogP contribution in [0.5, 0.6) is 5.75 Å². The molecule has 3 rings (SSSR count). The van der Waals surface area contributed by atoms with Crippen molar-refractivity contribution in [2.75, 3.05) is 31.1 Å². The number of pyridine rings is 1. The largest absolute Gasteiger partial charge is 0.490 e. The molecule has 24 heavy (non-hydrogen) atoms. The molecule has 1 aromatic heterocycles. The summed E-state index contributed by atoms with van der Waals surface area (Å²) in [5, 5.41) is 12.4. The van der Waals surface area contributed by atoms with Gasteiger partial charge in [0.2, 0.25) is 0 Å². The molecule has 0 amide bonds. The summed E-state index contributed by atoms with van der Waals surface area (Å²) in [5.74, 6) is -0.0686. The minimum atomic E-state index is -0.827. The van der Waals surface area contributed by atoms with Gasteiger partial charge < -0.3 is 20.1 Å². The Morgan fingerprint density at radius 3 is 3.04 bits per heavy atom. The normalized spacial score (nSPS) is 13.2. The molecule has 2 aromatic rings. The summed E-state index contributed by atoms with van der Waals surface area (Å²) in [6, 6.07) is 9.97. The fraction of sp³-hybridized carbons (Fsp3) is 0.333. The Labute approximate surface area is 141 Å². The van der Waals surface area contributed by atoms with E-state index in [4.69, 9.17) is 9.84 Å². The van der Waals surface area contributed by atoms with Crippen LogP contribution in [0.2, 0.25) is 0 Å². The molecule has 2 heterocycles. The molecule has 0 saturated heterocycles. The summed E-state index contributed by atoms with van der Waals surface area (Å²) in [4.78, 5) is 17.0. The quantitative estimate of drug-likeness (QED) is 0.754. The lowest BCUT2D eigenvalue weighted by Gasteiger charge is -2.30.